The van der Waals surface area contributed by atoms with Gasteiger partial charge in [0, 0.05) is 25.3 Å². The Kier molecular flexibility index (Phi) is 4.13. The van der Waals surface area contributed by atoms with Gasteiger partial charge in [0.25, 0.3) is 5.91 Å². The molecule has 1 N–H and O–H groups in total. The van der Waals surface area contributed by atoms with Crippen LogP contribution >= 0.6 is 0 Å². The average molecular weight is 361 g/mol. The summed E-state index contributed by atoms with van der Waals surface area (Å²) < 4.78 is 2.02. The van der Waals surface area contributed by atoms with Gasteiger partial charge in [-0.15, -0.1) is 0 Å². The van der Waals surface area contributed by atoms with Crippen molar-refractivity contribution in [1.29, 1.82) is 0 Å². The molecular weight excluding hydrogens is 338 g/mol. The third kappa shape index (κ3) is 3.21. The first kappa shape index (κ1) is 16.4. The third-order valence-electron chi connectivity index (χ3n) is 5.72. The maximum absolute atomic E-state index is 13.0. The van der Waals surface area contributed by atoms with Gasteiger partial charge in [-0.3, -0.25) is 4.79 Å². The van der Waals surface area contributed by atoms with Gasteiger partial charge in [0.1, 0.15) is 5.52 Å². The predicted octanol–water partition coefficient (Wildman–Crippen LogP) is 2.30. The summed E-state index contributed by atoms with van der Waals surface area (Å²) >= 11 is 0. The summed E-state index contributed by atoms with van der Waals surface area (Å²) in [6.45, 7) is 3.37. The Hall–Kier alpha value is -2.73. The molecule has 0 saturated carbocycles. The smallest absolute Gasteiger partial charge is 0.255 e. The molecule has 3 fully saturated rings. The number of carbonyl (C=O) groups excluding carboxylic acids is 1. The molecule has 3 aromatic rings. The van der Waals surface area contributed by atoms with E-state index in [0.717, 1.165) is 43.8 Å². The number of amides is 1. The fourth-order valence-electron chi connectivity index (χ4n) is 4.25. The number of pyridine rings is 1. The average Bonchev–Trinajstić information content (AvgIpc) is 2.88. The number of imidazole rings is 1. The Balaban J connectivity index is 1.39. The number of hydrogen-bond acceptors (Lipinski definition) is 4. The second-order valence-corrected chi connectivity index (χ2v) is 7.68. The lowest BCUT2D eigenvalue weighted by molar-refractivity contribution is 0.0748. The van der Waals surface area contributed by atoms with Crippen molar-refractivity contribution in [1.82, 2.24) is 24.8 Å². The van der Waals surface area contributed by atoms with E-state index in [9.17, 15) is 4.79 Å². The lowest BCUT2D eigenvalue weighted by atomic mass is 9.97. The zero-order chi connectivity index (χ0) is 18.2. The van der Waals surface area contributed by atoms with Gasteiger partial charge in [0.15, 0.2) is 5.65 Å². The van der Waals surface area contributed by atoms with Crippen molar-refractivity contribution in [3.8, 4) is 0 Å². The molecular formula is C21H23N5O. The molecule has 6 nitrogen and oxygen atoms in total. The summed E-state index contributed by atoms with van der Waals surface area (Å²) in [5.74, 6) is 0.636. The van der Waals surface area contributed by atoms with Gasteiger partial charge in [-0.25, -0.2) is 9.97 Å². The second-order valence-electron chi connectivity index (χ2n) is 7.68. The minimum atomic E-state index is 0.0719. The topological polar surface area (TPSA) is 63.1 Å². The molecule has 3 aliphatic rings. The van der Waals surface area contributed by atoms with Gasteiger partial charge in [-0.1, -0.05) is 30.3 Å². The van der Waals surface area contributed by atoms with Crippen molar-refractivity contribution in [2.45, 2.75) is 25.4 Å². The monoisotopic (exact) mass is 361 g/mol. The molecule has 6 heteroatoms. The summed E-state index contributed by atoms with van der Waals surface area (Å²) in [5, 5.41) is 3.55. The SMILES string of the molecule is O=C(c1cnc2c(c1)ncn2Cc1ccccc1)N1C[C@H]2CC[C@@H](C1)NC2. The molecule has 3 aliphatic heterocycles. The number of benzene rings is 1. The Morgan fingerprint density at radius 3 is 2.85 bits per heavy atom. The molecule has 2 aromatic heterocycles. The normalized spacial score (nSPS) is 22.1. The van der Waals surface area contributed by atoms with Crippen LogP contribution in [0.5, 0.6) is 0 Å². The highest BCUT2D eigenvalue weighted by molar-refractivity contribution is 5.96. The summed E-state index contributed by atoms with van der Waals surface area (Å²) in [5.41, 5.74) is 3.42. The number of fused-ring (bicyclic) bond motifs is 5. The standard InChI is InChI=1S/C21H23N5O/c27-21(25-12-16-6-7-18(13-25)22-9-16)17-8-19-20(23-10-17)26(14-24-19)11-15-4-2-1-3-5-15/h1-5,8,10,14,16,18,22H,6-7,9,11-13H2/t16-,18-/m0/s1. The summed E-state index contributed by atoms with van der Waals surface area (Å²) in [7, 11) is 0. The van der Waals surface area contributed by atoms with Crippen molar-refractivity contribution in [3.05, 3.63) is 60.0 Å². The number of nitrogens with one attached hydrogen (secondary N) is 1. The van der Waals surface area contributed by atoms with E-state index in [0.29, 0.717) is 17.5 Å². The third-order valence-corrected chi connectivity index (χ3v) is 5.72. The van der Waals surface area contributed by atoms with E-state index in [1.54, 1.807) is 12.5 Å². The molecule has 138 valence electrons. The van der Waals surface area contributed by atoms with Gasteiger partial charge in [-0.05, 0) is 36.9 Å². The first-order chi connectivity index (χ1) is 13.3. The highest BCUT2D eigenvalue weighted by atomic mass is 16.2. The maximum Gasteiger partial charge on any atom is 0.255 e. The van der Waals surface area contributed by atoms with Gasteiger partial charge in [0.2, 0.25) is 0 Å². The van der Waals surface area contributed by atoms with Crippen molar-refractivity contribution < 1.29 is 4.79 Å². The van der Waals surface area contributed by atoms with Crippen LogP contribution in [0.3, 0.4) is 0 Å². The molecule has 0 aliphatic carbocycles. The molecule has 6 rings (SSSR count). The minimum absolute atomic E-state index is 0.0719. The van der Waals surface area contributed by atoms with Crippen LogP contribution in [0.1, 0.15) is 28.8 Å². The van der Waals surface area contributed by atoms with Gasteiger partial charge in [-0.2, -0.15) is 0 Å². The van der Waals surface area contributed by atoms with Crippen LogP contribution in [0.2, 0.25) is 0 Å². The van der Waals surface area contributed by atoms with Crippen LogP contribution < -0.4 is 5.32 Å². The first-order valence-corrected chi connectivity index (χ1v) is 9.64. The molecule has 2 bridgehead atoms. The van der Waals surface area contributed by atoms with Crippen LogP contribution in [0.4, 0.5) is 0 Å². The zero-order valence-electron chi connectivity index (χ0n) is 15.2. The second kappa shape index (κ2) is 6.78. The number of aromatic nitrogens is 3. The van der Waals surface area contributed by atoms with Crippen LogP contribution in [0.15, 0.2) is 48.9 Å². The first-order valence-electron chi connectivity index (χ1n) is 9.64. The van der Waals surface area contributed by atoms with Crippen molar-refractivity contribution in [2.75, 3.05) is 19.6 Å². The molecule has 3 saturated heterocycles. The molecule has 27 heavy (non-hydrogen) atoms. The molecule has 5 heterocycles. The quantitative estimate of drug-likeness (QED) is 0.778. The number of hydrogen-bond donors (Lipinski definition) is 1. The maximum atomic E-state index is 13.0. The number of carbonyl (C=O) groups is 1. The van der Waals surface area contributed by atoms with E-state index in [2.05, 4.69) is 27.4 Å². The Morgan fingerprint density at radius 2 is 2.04 bits per heavy atom. The largest absolute Gasteiger partial charge is 0.337 e. The van der Waals surface area contributed by atoms with Crippen molar-refractivity contribution in [2.24, 2.45) is 5.92 Å². The fourth-order valence-corrected chi connectivity index (χ4v) is 4.25. The highest BCUT2D eigenvalue weighted by Gasteiger charge is 2.31. The summed E-state index contributed by atoms with van der Waals surface area (Å²) in [6.07, 6.45) is 5.88. The van der Waals surface area contributed by atoms with E-state index >= 15 is 0 Å². The molecule has 1 aromatic carbocycles. The van der Waals surface area contributed by atoms with E-state index in [1.807, 2.05) is 33.7 Å². The fraction of sp³-hybridized carbons (Fsp3) is 0.381. The summed E-state index contributed by atoms with van der Waals surface area (Å²) in [4.78, 5) is 24.1. The zero-order valence-corrected chi connectivity index (χ0v) is 15.2. The van der Waals surface area contributed by atoms with E-state index < -0.39 is 0 Å². The van der Waals surface area contributed by atoms with Crippen LogP contribution in [-0.4, -0.2) is 51.0 Å². The van der Waals surface area contributed by atoms with Crippen LogP contribution in [0, 0.1) is 5.92 Å². The number of rotatable bonds is 3. The van der Waals surface area contributed by atoms with Gasteiger partial charge < -0.3 is 14.8 Å². The number of nitrogens with zero attached hydrogens (tertiary/aromatic N) is 4. The van der Waals surface area contributed by atoms with E-state index in [1.165, 1.54) is 12.0 Å². The van der Waals surface area contributed by atoms with Crippen LogP contribution in [0.25, 0.3) is 11.2 Å². The number of piperidine rings is 1. The molecule has 1 amide bonds. The van der Waals surface area contributed by atoms with Gasteiger partial charge in [0.05, 0.1) is 18.4 Å². The van der Waals surface area contributed by atoms with Gasteiger partial charge >= 0.3 is 0 Å². The lowest BCUT2D eigenvalue weighted by Gasteiger charge is -2.23. The highest BCUT2D eigenvalue weighted by Crippen LogP contribution is 2.23. The molecule has 0 radical (unpaired) electrons. The Morgan fingerprint density at radius 1 is 1.15 bits per heavy atom. The van der Waals surface area contributed by atoms with Crippen LogP contribution in [-0.2, 0) is 6.54 Å². The van der Waals surface area contributed by atoms with Crippen molar-refractivity contribution >= 4 is 17.1 Å². The molecule has 2 atom stereocenters. The molecule has 0 unspecified atom stereocenters. The van der Waals surface area contributed by atoms with E-state index in [-0.39, 0.29) is 5.91 Å². The minimum Gasteiger partial charge on any atom is -0.337 e. The lowest BCUT2D eigenvalue weighted by Crippen LogP contribution is -2.40. The Labute approximate surface area is 158 Å². The van der Waals surface area contributed by atoms with Crippen molar-refractivity contribution in [3.63, 3.8) is 0 Å². The van der Waals surface area contributed by atoms with E-state index in [4.69, 9.17) is 0 Å². The Bertz CT molecular complexity index is 945. The predicted molar refractivity (Wildman–Crippen MR) is 103 cm³/mol. The summed E-state index contributed by atoms with van der Waals surface area (Å²) in [6, 6.07) is 12.6. The molecule has 0 spiro atoms.